The summed E-state index contributed by atoms with van der Waals surface area (Å²) in [5.41, 5.74) is 2.10. The Morgan fingerprint density at radius 3 is 2.65 bits per heavy atom. The Labute approximate surface area is 130 Å². The van der Waals surface area contributed by atoms with E-state index in [1.54, 1.807) is 18.7 Å². The van der Waals surface area contributed by atoms with E-state index in [1.807, 2.05) is 29.0 Å². The number of hydrogen-bond acceptors (Lipinski definition) is 3. The van der Waals surface area contributed by atoms with Gasteiger partial charge in [-0.1, -0.05) is 0 Å². The topological polar surface area (TPSA) is 43.6 Å². The van der Waals surface area contributed by atoms with E-state index >= 15 is 0 Å². The zero-order valence-electron chi connectivity index (χ0n) is 11.8. The molecule has 0 saturated heterocycles. The molecule has 2 heterocycles. The van der Waals surface area contributed by atoms with Crippen molar-refractivity contribution in [2.75, 3.05) is 0 Å². The largest absolute Gasteiger partial charge is 0.306 e. The van der Waals surface area contributed by atoms with E-state index in [1.165, 1.54) is 6.07 Å². The molecule has 0 aliphatic carbocycles. The quantitative estimate of drug-likeness (QED) is 0.566. The predicted molar refractivity (Wildman–Crippen MR) is 82.0 cm³/mol. The van der Waals surface area contributed by atoms with Crippen molar-refractivity contribution in [1.29, 1.82) is 0 Å². The number of aromatic nitrogens is 4. The first kappa shape index (κ1) is 13.5. The van der Waals surface area contributed by atoms with Gasteiger partial charge in [-0.05, 0) is 36.4 Å². The summed E-state index contributed by atoms with van der Waals surface area (Å²) in [6.45, 7) is 0. The van der Waals surface area contributed by atoms with Gasteiger partial charge in [0.05, 0.1) is 11.8 Å². The number of rotatable bonds is 2. The van der Waals surface area contributed by atoms with E-state index in [2.05, 4.69) is 15.0 Å². The van der Waals surface area contributed by atoms with Crippen LogP contribution in [-0.2, 0) is 0 Å². The standard InChI is InChI=1S/C17H10F2N4/c18-14-3-1-11(8-15(14)19)17-21-9-12-7-13(2-4-16(12)22-17)23-6-5-20-10-23/h1-10H. The third-order valence-corrected chi connectivity index (χ3v) is 3.54. The first-order chi connectivity index (χ1) is 11.2. The fraction of sp³-hybridized carbons (Fsp3) is 0. The average Bonchev–Trinajstić information content (AvgIpc) is 3.11. The van der Waals surface area contributed by atoms with Gasteiger partial charge < -0.3 is 4.57 Å². The highest BCUT2D eigenvalue weighted by Crippen LogP contribution is 2.22. The highest BCUT2D eigenvalue weighted by atomic mass is 19.2. The summed E-state index contributed by atoms with van der Waals surface area (Å²) < 4.78 is 28.3. The summed E-state index contributed by atoms with van der Waals surface area (Å²) in [7, 11) is 0. The maximum Gasteiger partial charge on any atom is 0.159 e. The molecule has 0 fully saturated rings. The molecule has 23 heavy (non-hydrogen) atoms. The molecule has 0 aliphatic rings. The first-order valence-corrected chi connectivity index (χ1v) is 6.91. The van der Waals surface area contributed by atoms with Crippen LogP contribution >= 0.6 is 0 Å². The van der Waals surface area contributed by atoms with Gasteiger partial charge in [-0.2, -0.15) is 0 Å². The second-order valence-corrected chi connectivity index (χ2v) is 5.04. The average molecular weight is 308 g/mol. The number of hydrogen-bond donors (Lipinski definition) is 0. The van der Waals surface area contributed by atoms with E-state index in [9.17, 15) is 8.78 Å². The summed E-state index contributed by atoms with van der Waals surface area (Å²) >= 11 is 0. The molecule has 0 saturated carbocycles. The second kappa shape index (κ2) is 5.24. The summed E-state index contributed by atoms with van der Waals surface area (Å²) in [5.74, 6) is -1.45. The van der Waals surface area contributed by atoms with Crippen molar-refractivity contribution in [2.45, 2.75) is 0 Å². The highest BCUT2D eigenvalue weighted by Gasteiger charge is 2.08. The molecule has 112 valence electrons. The molecule has 0 radical (unpaired) electrons. The normalized spacial score (nSPS) is 11.0. The molecule has 4 rings (SSSR count). The SMILES string of the molecule is Fc1ccc(-c2ncc3cc(-n4ccnc4)ccc3n2)cc1F. The van der Waals surface area contributed by atoms with Crippen molar-refractivity contribution in [1.82, 2.24) is 19.5 Å². The molecule has 0 spiro atoms. The number of halogens is 2. The molecule has 2 aromatic carbocycles. The number of nitrogens with zero attached hydrogens (tertiary/aromatic N) is 4. The van der Waals surface area contributed by atoms with Crippen molar-refractivity contribution in [3.8, 4) is 17.1 Å². The molecule has 6 heteroatoms. The van der Waals surface area contributed by atoms with Crippen LogP contribution in [0.5, 0.6) is 0 Å². The lowest BCUT2D eigenvalue weighted by Gasteiger charge is -2.06. The van der Waals surface area contributed by atoms with Gasteiger partial charge in [0.2, 0.25) is 0 Å². The molecule has 4 nitrogen and oxygen atoms in total. The molecule has 0 unspecified atom stereocenters. The molecule has 0 bridgehead atoms. The van der Waals surface area contributed by atoms with E-state index in [-0.39, 0.29) is 0 Å². The van der Waals surface area contributed by atoms with Gasteiger partial charge >= 0.3 is 0 Å². The van der Waals surface area contributed by atoms with Gasteiger partial charge in [0, 0.05) is 35.2 Å². The number of benzene rings is 2. The van der Waals surface area contributed by atoms with Crippen LogP contribution in [0.15, 0.2) is 61.3 Å². The van der Waals surface area contributed by atoms with Crippen LogP contribution in [0.2, 0.25) is 0 Å². The zero-order valence-corrected chi connectivity index (χ0v) is 11.8. The Bertz CT molecular complexity index is 997. The highest BCUT2D eigenvalue weighted by molar-refractivity contribution is 5.81. The molecule has 0 N–H and O–H groups in total. The first-order valence-electron chi connectivity index (χ1n) is 6.91. The predicted octanol–water partition coefficient (Wildman–Crippen LogP) is 3.76. The minimum Gasteiger partial charge on any atom is -0.306 e. The Hall–Kier alpha value is -3.15. The number of fused-ring (bicyclic) bond motifs is 1. The summed E-state index contributed by atoms with van der Waals surface area (Å²) in [4.78, 5) is 12.7. The van der Waals surface area contributed by atoms with Crippen LogP contribution in [0.1, 0.15) is 0 Å². The van der Waals surface area contributed by atoms with Crippen LogP contribution in [0.3, 0.4) is 0 Å². The fourth-order valence-electron chi connectivity index (χ4n) is 2.37. The van der Waals surface area contributed by atoms with E-state index < -0.39 is 11.6 Å². The number of imidazole rings is 1. The van der Waals surface area contributed by atoms with Crippen LogP contribution in [0.25, 0.3) is 28.0 Å². The molecular formula is C17H10F2N4. The zero-order chi connectivity index (χ0) is 15.8. The van der Waals surface area contributed by atoms with Gasteiger partial charge in [0.1, 0.15) is 0 Å². The van der Waals surface area contributed by atoms with E-state index in [0.717, 1.165) is 28.7 Å². The van der Waals surface area contributed by atoms with Crippen LogP contribution in [0.4, 0.5) is 8.78 Å². The molecule has 2 aromatic heterocycles. The summed E-state index contributed by atoms with van der Waals surface area (Å²) in [6.07, 6.45) is 6.92. The third kappa shape index (κ3) is 2.44. The monoisotopic (exact) mass is 308 g/mol. The molecular weight excluding hydrogens is 298 g/mol. The van der Waals surface area contributed by atoms with E-state index in [0.29, 0.717) is 11.4 Å². The van der Waals surface area contributed by atoms with Gasteiger partial charge in [0.15, 0.2) is 17.5 Å². The second-order valence-electron chi connectivity index (χ2n) is 5.04. The lowest BCUT2D eigenvalue weighted by atomic mass is 10.1. The van der Waals surface area contributed by atoms with Crippen molar-refractivity contribution < 1.29 is 8.78 Å². The molecule has 0 atom stereocenters. The molecule has 4 aromatic rings. The molecule has 0 aliphatic heterocycles. The minimum absolute atomic E-state index is 0.354. The Balaban J connectivity index is 1.79. The van der Waals surface area contributed by atoms with Crippen LogP contribution in [0, 0.1) is 11.6 Å². The summed E-state index contributed by atoms with van der Waals surface area (Å²) in [6, 6.07) is 9.32. The van der Waals surface area contributed by atoms with Gasteiger partial charge in [-0.15, -0.1) is 0 Å². The Morgan fingerprint density at radius 2 is 1.87 bits per heavy atom. The maximum atomic E-state index is 13.3. The Morgan fingerprint density at radius 1 is 0.957 bits per heavy atom. The van der Waals surface area contributed by atoms with Gasteiger partial charge in [0.25, 0.3) is 0 Å². The Kier molecular flexibility index (Phi) is 3.08. The minimum atomic E-state index is -0.915. The lowest BCUT2D eigenvalue weighted by Crippen LogP contribution is -1.94. The summed E-state index contributed by atoms with van der Waals surface area (Å²) in [5, 5.41) is 0.850. The lowest BCUT2D eigenvalue weighted by molar-refractivity contribution is 0.509. The van der Waals surface area contributed by atoms with Crippen LogP contribution in [-0.4, -0.2) is 19.5 Å². The van der Waals surface area contributed by atoms with Gasteiger partial charge in [-0.25, -0.2) is 23.7 Å². The van der Waals surface area contributed by atoms with Crippen molar-refractivity contribution >= 4 is 10.9 Å². The maximum absolute atomic E-state index is 13.3. The van der Waals surface area contributed by atoms with E-state index in [4.69, 9.17) is 0 Å². The molecule has 0 amide bonds. The fourth-order valence-corrected chi connectivity index (χ4v) is 2.37. The van der Waals surface area contributed by atoms with Crippen molar-refractivity contribution in [3.63, 3.8) is 0 Å². The van der Waals surface area contributed by atoms with Crippen molar-refractivity contribution in [2.24, 2.45) is 0 Å². The third-order valence-electron chi connectivity index (χ3n) is 3.54. The van der Waals surface area contributed by atoms with Gasteiger partial charge in [-0.3, -0.25) is 0 Å². The van der Waals surface area contributed by atoms with Crippen LogP contribution < -0.4 is 0 Å². The smallest absolute Gasteiger partial charge is 0.159 e. The van der Waals surface area contributed by atoms with Crippen molar-refractivity contribution in [3.05, 3.63) is 73.0 Å².